The molecule has 0 spiro atoms. The van der Waals surface area contributed by atoms with Gasteiger partial charge >= 0.3 is 0 Å². The summed E-state index contributed by atoms with van der Waals surface area (Å²) in [5.41, 5.74) is 2.18. The van der Waals surface area contributed by atoms with Crippen LogP contribution in [-0.4, -0.2) is 20.7 Å². The minimum Gasteiger partial charge on any atom is -0.305 e. The number of nitrogens with two attached hydrogens (primary N) is 1. The Balaban J connectivity index is 2.17. The lowest BCUT2D eigenvalue weighted by atomic mass is 9.99. The standard InChI is InChI=1S/C15H18N2O2S/c16-20(18,19)12-11-17-15(13-7-3-1-4-8-13)14-9-5-2-6-10-14/h1-10,15,17H,11-12H2,(H2,16,18,19). The van der Waals surface area contributed by atoms with E-state index >= 15 is 0 Å². The molecule has 20 heavy (non-hydrogen) atoms. The van der Waals surface area contributed by atoms with Crippen molar-refractivity contribution in [1.82, 2.24) is 5.32 Å². The van der Waals surface area contributed by atoms with Crippen molar-refractivity contribution >= 4 is 10.0 Å². The molecular weight excluding hydrogens is 272 g/mol. The first-order valence-corrected chi connectivity index (χ1v) is 8.11. The molecule has 0 heterocycles. The zero-order chi connectivity index (χ0) is 14.4. The van der Waals surface area contributed by atoms with Gasteiger partial charge in [-0.05, 0) is 11.1 Å². The van der Waals surface area contributed by atoms with Gasteiger partial charge in [0.15, 0.2) is 0 Å². The van der Waals surface area contributed by atoms with Crippen molar-refractivity contribution in [2.45, 2.75) is 6.04 Å². The molecule has 2 aromatic rings. The summed E-state index contributed by atoms with van der Waals surface area (Å²) in [5, 5.41) is 8.28. The van der Waals surface area contributed by atoms with Gasteiger partial charge in [-0.3, -0.25) is 0 Å². The first kappa shape index (κ1) is 14.7. The van der Waals surface area contributed by atoms with Crippen LogP contribution in [0.25, 0.3) is 0 Å². The summed E-state index contributed by atoms with van der Waals surface area (Å²) < 4.78 is 22.0. The van der Waals surface area contributed by atoms with E-state index in [1.165, 1.54) is 0 Å². The minimum atomic E-state index is -3.45. The Bertz CT molecular complexity index is 588. The van der Waals surface area contributed by atoms with Crippen LogP contribution < -0.4 is 10.5 Å². The molecule has 0 unspecified atom stereocenters. The predicted octanol–water partition coefficient (Wildman–Crippen LogP) is 1.65. The van der Waals surface area contributed by atoms with Gasteiger partial charge in [-0.15, -0.1) is 0 Å². The lowest BCUT2D eigenvalue weighted by molar-refractivity contribution is 0.583. The van der Waals surface area contributed by atoms with E-state index in [4.69, 9.17) is 5.14 Å². The molecular formula is C15H18N2O2S. The maximum Gasteiger partial charge on any atom is 0.210 e. The summed E-state index contributed by atoms with van der Waals surface area (Å²) in [4.78, 5) is 0. The van der Waals surface area contributed by atoms with Gasteiger partial charge in [0.2, 0.25) is 10.0 Å². The van der Waals surface area contributed by atoms with Gasteiger partial charge in [0.1, 0.15) is 0 Å². The summed E-state index contributed by atoms with van der Waals surface area (Å²) in [7, 11) is -3.45. The lowest BCUT2D eigenvalue weighted by Gasteiger charge is -2.19. The second kappa shape index (κ2) is 6.65. The van der Waals surface area contributed by atoms with E-state index in [9.17, 15) is 8.42 Å². The SMILES string of the molecule is NS(=O)(=O)CCNC(c1ccccc1)c1ccccc1. The van der Waals surface area contributed by atoms with E-state index < -0.39 is 10.0 Å². The molecule has 0 radical (unpaired) electrons. The molecule has 0 fully saturated rings. The molecule has 0 saturated carbocycles. The molecule has 5 heteroatoms. The number of hydrogen-bond donors (Lipinski definition) is 2. The zero-order valence-electron chi connectivity index (χ0n) is 11.1. The van der Waals surface area contributed by atoms with Crippen molar-refractivity contribution in [3.63, 3.8) is 0 Å². The van der Waals surface area contributed by atoms with Gasteiger partial charge in [-0.1, -0.05) is 60.7 Å². The van der Waals surface area contributed by atoms with Gasteiger partial charge in [-0.2, -0.15) is 0 Å². The minimum absolute atomic E-state index is 0.0425. The molecule has 0 aliphatic heterocycles. The number of sulfonamides is 1. The number of rotatable bonds is 6. The Labute approximate surface area is 119 Å². The molecule has 0 aliphatic rings. The highest BCUT2D eigenvalue weighted by Gasteiger charge is 2.13. The first-order valence-electron chi connectivity index (χ1n) is 6.40. The Morgan fingerprint density at radius 3 is 1.75 bits per heavy atom. The zero-order valence-corrected chi connectivity index (χ0v) is 11.9. The van der Waals surface area contributed by atoms with Crippen LogP contribution >= 0.6 is 0 Å². The third-order valence-corrected chi connectivity index (χ3v) is 3.77. The molecule has 106 valence electrons. The van der Waals surface area contributed by atoms with Crippen molar-refractivity contribution in [2.75, 3.05) is 12.3 Å². The molecule has 0 bridgehead atoms. The third-order valence-electron chi connectivity index (χ3n) is 3.00. The molecule has 3 N–H and O–H groups in total. The van der Waals surface area contributed by atoms with Gasteiger partial charge < -0.3 is 5.32 Å². The van der Waals surface area contributed by atoms with Crippen molar-refractivity contribution in [1.29, 1.82) is 0 Å². The topological polar surface area (TPSA) is 72.2 Å². The van der Waals surface area contributed by atoms with Crippen LogP contribution in [0.3, 0.4) is 0 Å². The highest BCUT2D eigenvalue weighted by Crippen LogP contribution is 2.21. The summed E-state index contributed by atoms with van der Waals surface area (Å²) in [6.45, 7) is 0.313. The Kier molecular flexibility index (Phi) is 4.89. The summed E-state index contributed by atoms with van der Waals surface area (Å²) in [5.74, 6) is -0.0802. The van der Waals surface area contributed by atoms with Crippen molar-refractivity contribution in [3.8, 4) is 0 Å². The highest BCUT2D eigenvalue weighted by atomic mass is 32.2. The summed E-state index contributed by atoms with van der Waals surface area (Å²) in [6, 6.07) is 19.8. The molecule has 0 atom stereocenters. The number of nitrogens with one attached hydrogen (secondary N) is 1. The largest absolute Gasteiger partial charge is 0.305 e. The lowest BCUT2D eigenvalue weighted by Crippen LogP contribution is -2.30. The second-order valence-corrected chi connectivity index (χ2v) is 6.31. The van der Waals surface area contributed by atoms with Crippen molar-refractivity contribution in [3.05, 3.63) is 71.8 Å². The van der Waals surface area contributed by atoms with E-state index in [1.807, 2.05) is 60.7 Å². The maximum atomic E-state index is 11.0. The van der Waals surface area contributed by atoms with Crippen LogP contribution in [0.5, 0.6) is 0 Å². The van der Waals surface area contributed by atoms with Gasteiger partial charge in [-0.25, -0.2) is 13.6 Å². The van der Waals surface area contributed by atoms with Gasteiger partial charge in [0.05, 0.1) is 11.8 Å². The van der Waals surface area contributed by atoms with E-state index in [-0.39, 0.29) is 11.8 Å². The van der Waals surface area contributed by atoms with Crippen molar-refractivity contribution < 1.29 is 8.42 Å². The Morgan fingerprint density at radius 1 is 0.900 bits per heavy atom. The van der Waals surface area contributed by atoms with Crippen LogP contribution in [0.1, 0.15) is 17.2 Å². The summed E-state index contributed by atoms with van der Waals surface area (Å²) >= 11 is 0. The molecule has 4 nitrogen and oxygen atoms in total. The number of benzene rings is 2. The average molecular weight is 290 g/mol. The van der Waals surface area contributed by atoms with E-state index in [2.05, 4.69) is 5.32 Å². The quantitative estimate of drug-likeness (QED) is 0.849. The molecule has 0 aliphatic carbocycles. The van der Waals surface area contributed by atoms with Crippen LogP contribution in [0, 0.1) is 0 Å². The van der Waals surface area contributed by atoms with Crippen LogP contribution in [0.15, 0.2) is 60.7 Å². The first-order chi connectivity index (χ1) is 9.56. The molecule has 0 aromatic heterocycles. The van der Waals surface area contributed by atoms with Gasteiger partial charge in [0.25, 0.3) is 0 Å². The Morgan fingerprint density at radius 2 is 1.35 bits per heavy atom. The molecule has 2 rings (SSSR count). The van der Waals surface area contributed by atoms with Crippen LogP contribution in [0.4, 0.5) is 0 Å². The highest BCUT2D eigenvalue weighted by molar-refractivity contribution is 7.89. The number of hydrogen-bond acceptors (Lipinski definition) is 3. The maximum absolute atomic E-state index is 11.0. The Hall–Kier alpha value is -1.69. The second-order valence-electron chi connectivity index (χ2n) is 4.58. The predicted molar refractivity (Wildman–Crippen MR) is 80.7 cm³/mol. The fraction of sp³-hybridized carbons (Fsp3) is 0.200. The normalized spacial score (nSPS) is 11.7. The van der Waals surface area contributed by atoms with Crippen LogP contribution in [-0.2, 0) is 10.0 Å². The number of primary sulfonamides is 1. The smallest absolute Gasteiger partial charge is 0.210 e. The monoisotopic (exact) mass is 290 g/mol. The van der Waals surface area contributed by atoms with Crippen molar-refractivity contribution in [2.24, 2.45) is 5.14 Å². The fourth-order valence-electron chi connectivity index (χ4n) is 2.06. The molecule has 0 saturated heterocycles. The third kappa shape index (κ3) is 4.45. The average Bonchev–Trinajstić information content (AvgIpc) is 2.44. The molecule has 0 amide bonds. The van der Waals surface area contributed by atoms with E-state index in [0.717, 1.165) is 11.1 Å². The fourth-order valence-corrected chi connectivity index (χ4v) is 2.47. The van der Waals surface area contributed by atoms with Crippen LogP contribution in [0.2, 0.25) is 0 Å². The van der Waals surface area contributed by atoms with E-state index in [0.29, 0.717) is 6.54 Å². The molecule has 2 aromatic carbocycles. The van der Waals surface area contributed by atoms with Gasteiger partial charge in [0, 0.05) is 6.54 Å². The summed E-state index contributed by atoms with van der Waals surface area (Å²) in [6.07, 6.45) is 0. The van der Waals surface area contributed by atoms with E-state index in [1.54, 1.807) is 0 Å².